The minimum atomic E-state index is -5.32. The van der Waals surface area contributed by atoms with Crippen molar-refractivity contribution in [2.75, 3.05) is 6.54 Å². The van der Waals surface area contributed by atoms with Gasteiger partial charge in [-0.1, -0.05) is 65.5 Å². The molecular formula is C35H57F3N2O5. The van der Waals surface area contributed by atoms with Gasteiger partial charge in [0.05, 0.1) is 6.10 Å². The van der Waals surface area contributed by atoms with Gasteiger partial charge in [0, 0.05) is 18.3 Å². The summed E-state index contributed by atoms with van der Waals surface area (Å²) in [5.74, 6) is -0.592. The molecule has 10 heteroatoms. The number of unbranched alkanes of at least 4 members (excludes halogenated alkanes) is 1. The summed E-state index contributed by atoms with van der Waals surface area (Å²) in [6, 6.07) is 0. The lowest BCUT2D eigenvalue weighted by Gasteiger charge is -2.60. The zero-order chi connectivity index (χ0) is 33.4. The number of hydrogen-bond acceptors (Lipinski definition) is 7. The van der Waals surface area contributed by atoms with Gasteiger partial charge in [-0.05, 0) is 98.8 Å². The second kappa shape index (κ2) is 13.8. The molecule has 0 spiro atoms. The van der Waals surface area contributed by atoms with Crippen LogP contribution in [0.15, 0.2) is 11.6 Å². The van der Waals surface area contributed by atoms with Crippen molar-refractivity contribution in [1.29, 1.82) is 0 Å². The number of carbonyl (C=O) groups excluding carboxylic acids is 2. The normalized spacial score (nSPS) is 36.7. The fourth-order valence-corrected chi connectivity index (χ4v) is 10.0. The molecule has 3 fully saturated rings. The Labute approximate surface area is 267 Å². The fraction of sp³-hybridized carbons (Fsp3) is 0.886. The number of nitrogens with two attached hydrogens (primary N) is 2. The first-order valence-electron chi connectivity index (χ1n) is 17.3. The molecule has 0 radical (unpaired) electrons. The summed E-state index contributed by atoms with van der Waals surface area (Å²) in [5.41, 5.74) is 9.72. The molecule has 0 aromatic carbocycles. The number of halogens is 3. The SMILES string of the molecule is CC(C)CCC[C@@H](C)[C@H]1CC[C@H]2[C@@H]3CC=C4C[C@H](O)CC(OC(=O)C(N)(CCCCN)OC(=O)C(F)(F)F)[C@]4(C)[C@H]3CC[C@]12C. The highest BCUT2D eigenvalue weighted by molar-refractivity contribution is 5.84. The molecule has 4 aliphatic rings. The smallest absolute Gasteiger partial charge is 0.457 e. The molecule has 0 bridgehead atoms. The van der Waals surface area contributed by atoms with Crippen LogP contribution in [0, 0.1) is 46.3 Å². The first kappa shape index (κ1) is 36.2. The standard InChI is InChI=1S/C35H57F3N2O5/c1-21(2)9-8-10-22(3)26-13-14-27-25-12-11-23-19-24(41)20-29(33(23,5)28(25)15-17-32(26,27)4)44-30(42)34(40,16-6-7-18-39)45-31(43)35(36,37)38/h11,21-22,24-29,41H,6-10,12-20,39-40H2,1-5H3/t22-,24+,25+,26-,27+,28+,29?,32-,33+,34?/m1/s1. The maximum absolute atomic E-state index is 13.6. The van der Waals surface area contributed by atoms with Crippen LogP contribution in [-0.2, 0) is 19.1 Å². The summed E-state index contributed by atoms with van der Waals surface area (Å²) in [7, 11) is 0. The molecule has 10 atom stereocenters. The van der Waals surface area contributed by atoms with E-state index in [0.717, 1.165) is 24.8 Å². The van der Waals surface area contributed by atoms with Gasteiger partial charge in [0.1, 0.15) is 6.10 Å². The van der Waals surface area contributed by atoms with Crippen molar-refractivity contribution in [3.8, 4) is 0 Å². The van der Waals surface area contributed by atoms with Crippen LogP contribution in [-0.4, -0.2) is 47.7 Å². The van der Waals surface area contributed by atoms with E-state index in [1.165, 1.54) is 32.1 Å². The molecule has 2 unspecified atom stereocenters. The number of alkyl halides is 3. The minimum Gasteiger partial charge on any atom is -0.457 e. The van der Waals surface area contributed by atoms with Crippen LogP contribution >= 0.6 is 0 Å². The van der Waals surface area contributed by atoms with Crippen LogP contribution < -0.4 is 11.5 Å². The predicted octanol–water partition coefficient (Wildman–Crippen LogP) is 6.80. The highest BCUT2D eigenvalue weighted by atomic mass is 19.4. The molecule has 5 N–H and O–H groups in total. The second-order valence-electron chi connectivity index (χ2n) is 15.7. The van der Waals surface area contributed by atoms with Crippen molar-refractivity contribution in [3.05, 3.63) is 11.6 Å². The van der Waals surface area contributed by atoms with Crippen LogP contribution in [0.4, 0.5) is 13.2 Å². The second-order valence-corrected chi connectivity index (χ2v) is 15.7. The number of aliphatic hydroxyl groups is 1. The summed E-state index contributed by atoms with van der Waals surface area (Å²) in [4.78, 5) is 25.5. The van der Waals surface area contributed by atoms with E-state index in [2.05, 4.69) is 45.4 Å². The average molecular weight is 643 g/mol. The number of fused-ring (bicyclic) bond motifs is 5. The first-order valence-corrected chi connectivity index (χ1v) is 17.3. The van der Waals surface area contributed by atoms with Gasteiger partial charge in [-0.25, -0.2) is 9.59 Å². The number of allylic oxidation sites excluding steroid dienone is 1. The quantitative estimate of drug-likeness (QED) is 0.0926. The number of hydrogen-bond donors (Lipinski definition) is 3. The van der Waals surface area contributed by atoms with E-state index in [1.807, 2.05) is 0 Å². The van der Waals surface area contributed by atoms with Gasteiger partial charge in [0.25, 0.3) is 5.72 Å². The van der Waals surface area contributed by atoms with E-state index in [-0.39, 0.29) is 37.1 Å². The van der Waals surface area contributed by atoms with E-state index in [9.17, 15) is 27.9 Å². The topological polar surface area (TPSA) is 125 Å². The van der Waals surface area contributed by atoms with Crippen molar-refractivity contribution in [1.82, 2.24) is 0 Å². The minimum absolute atomic E-state index is 0.145. The monoisotopic (exact) mass is 642 g/mol. The highest BCUT2D eigenvalue weighted by Gasteiger charge is 2.62. The van der Waals surface area contributed by atoms with Crippen LogP contribution in [0.25, 0.3) is 0 Å². The zero-order valence-corrected chi connectivity index (χ0v) is 28.0. The first-order chi connectivity index (χ1) is 21.0. The molecular weight excluding hydrogens is 585 g/mol. The van der Waals surface area contributed by atoms with Gasteiger partial charge in [0.15, 0.2) is 0 Å². The summed E-state index contributed by atoms with van der Waals surface area (Å²) in [6.45, 7) is 11.8. The average Bonchev–Trinajstić information content (AvgIpc) is 3.30. The number of carbonyl (C=O) groups is 2. The Balaban J connectivity index is 1.57. The van der Waals surface area contributed by atoms with Gasteiger partial charge >= 0.3 is 18.1 Å². The van der Waals surface area contributed by atoms with E-state index >= 15 is 0 Å². The van der Waals surface area contributed by atoms with Crippen LogP contribution in [0.2, 0.25) is 0 Å². The van der Waals surface area contributed by atoms with E-state index in [4.69, 9.17) is 16.2 Å². The number of ether oxygens (including phenoxy) is 2. The van der Waals surface area contributed by atoms with Gasteiger partial charge in [-0.3, -0.25) is 5.73 Å². The van der Waals surface area contributed by atoms with E-state index in [0.29, 0.717) is 42.4 Å². The maximum Gasteiger partial charge on any atom is 0.491 e. The Morgan fingerprint density at radius 1 is 1.04 bits per heavy atom. The molecule has 0 aromatic heterocycles. The molecule has 4 aliphatic carbocycles. The fourth-order valence-electron chi connectivity index (χ4n) is 10.0. The predicted molar refractivity (Wildman–Crippen MR) is 166 cm³/mol. The molecule has 0 aliphatic heterocycles. The molecule has 0 aromatic rings. The third-order valence-electron chi connectivity index (χ3n) is 12.5. The molecule has 4 rings (SSSR count). The zero-order valence-electron chi connectivity index (χ0n) is 28.0. The molecule has 7 nitrogen and oxygen atoms in total. The van der Waals surface area contributed by atoms with Crippen molar-refractivity contribution in [2.45, 2.75) is 142 Å². The number of aliphatic hydroxyl groups excluding tert-OH is 1. The molecule has 0 saturated heterocycles. The van der Waals surface area contributed by atoms with Crippen molar-refractivity contribution in [3.63, 3.8) is 0 Å². The van der Waals surface area contributed by atoms with Crippen molar-refractivity contribution < 1.29 is 37.3 Å². The number of rotatable bonds is 12. The van der Waals surface area contributed by atoms with Crippen LogP contribution in [0.1, 0.15) is 118 Å². The van der Waals surface area contributed by atoms with Crippen LogP contribution in [0.3, 0.4) is 0 Å². The maximum atomic E-state index is 13.6. The summed E-state index contributed by atoms with van der Waals surface area (Å²) in [5, 5.41) is 10.9. The Hall–Kier alpha value is -1.65. The van der Waals surface area contributed by atoms with Gasteiger partial charge in [-0.2, -0.15) is 13.2 Å². The Kier molecular flexibility index (Phi) is 11.1. The third kappa shape index (κ3) is 7.28. The number of esters is 2. The Morgan fingerprint density at radius 2 is 1.76 bits per heavy atom. The van der Waals surface area contributed by atoms with Crippen molar-refractivity contribution in [2.24, 2.45) is 57.8 Å². The summed E-state index contributed by atoms with van der Waals surface area (Å²) >= 11 is 0. The molecule has 45 heavy (non-hydrogen) atoms. The van der Waals surface area contributed by atoms with Gasteiger partial charge in [0.2, 0.25) is 0 Å². The summed E-state index contributed by atoms with van der Waals surface area (Å²) in [6.07, 6.45) is 5.25. The highest BCUT2D eigenvalue weighted by Crippen LogP contribution is 2.67. The van der Waals surface area contributed by atoms with Crippen molar-refractivity contribution >= 4 is 11.9 Å². The van der Waals surface area contributed by atoms with Crippen LogP contribution in [0.5, 0.6) is 0 Å². The van der Waals surface area contributed by atoms with E-state index in [1.54, 1.807) is 0 Å². The molecule has 0 heterocycles. The largest absolute Gasteiger partial charge is 0.491 e. The lowest BCUT2D eigenvalue weighted by molar-refractivity contribution is -0.224. The molecule has 258 valence electrons. The van der Waals surface area contributed by atoms with Gasteiger partial charge < -0.3 is 20.3 Å². The van der Waals surface area contributed by atoms with Gasteiger partial charge in [-0.15, -0.1) is 0 Å². The lowest BCUT2D eigenvalue weighted by atomic mass is 9.46. The molecule has 0 amide bonds. The lowest BCUT2D eigenvalue weighted by Crippen LogP contribution is -2.60. The molecule has 3 saturated carbocycles. The summed E-state index contributed by atoms with van der Waals surface area (Å²) < 4.78 is 50.2. The Bertz CT molecular complexity index is 1100. The Morgan fingerprint density at radius 3 is 2.40 bits per heavy atom. The van der Waals surface area contributed by atoms with E-state index < -0.39 is 41.5 Å². The third-order valence-corrected chi connectivity index (χ3v) is 12.5.